The van der Waals surface area contributed by atoms with Crippen LogP contribution in [0.2, 0.25) is 0 Å². The number of nitrogens with zero attached hydrogens (tertiary/aromatic N) is 5. The Morgan fingerprint density at radius 3 is 2.50 bits per heavy atom. The fourth-order valence-corrected chi connectivity index (χ4v) is 4.35. The average molecular weight is 465 g/mol. The molecule has 6 nitrogen and oxygen atoms in total. The van der Waals surface area contributed by atoms with E-state index in [2.05, 4.69) is 15.1 Å². The monoisotopic (exact) mass is 465 g/mol. The molecule has 1 atom stereocenters. The minimum Gasteiger partial charge on any atom is -0.377 e. The molecule has 1 aliphatic rings. The van der Waals surface area contributed by atoms with Crippen LogP contribution in [-0.4, -0.2) is 29.4 Å². The fraction of sp³-hybridized carbons (Fsp3) is 0.240. The summed E-state index contributed by atoms with van der Waals surface area (Å²) in [5.41, 5.74) is 2.10. The highest BCUT2D eigenvalue weighted by molar-refractivity contribution is 5.68. The lowest BCUT2D eigenvalue weighted by atomic mass is 9.86. The van der Waals surface area contributed by atoms with Crippen LogP contribution in [0.15, 0.2) is 42.9 Å². The first-order valence-corrected chi connectivity index (χ1v) is 10.9. The first-order valence-electron chi connectivity index (χ1n) is 10.9. The number of aryl methyl sites for hydroxylation is 3. The van der Waals surface area contributed by atoms with Crippen molar-refractivity contribution in [2.24, 2.45) is 0 Å². The quantitative estimate of drug-likeness (QED) is 0.444. The highest BCUT2D eigenvalue weighted by Gasteiger charge is 2.40. The SMILES string of the molecule is Cc1cn(-c2ccc(/C=C/c3nc4n(n3)CCC[C@@]4(O)c3cc(F)c(F)c(F)c3)cc2C)cn1. The minimum absolute atomic E-state index is 0.0891. The molecule has 0 aliphatic carbocycles. The van der Waals surface area contributed by atoms with Gasteiger partial charge in [-0.1, -0.05) is 12.1 Å². The highest BCUT2D eigenvalue weighted by atomic mass is 19.2. The van der Waals surface area contributed by atoms with Gasteiger partial charge in [-0.05, 0) is 73.7 Å². The first-order chi connectivity index (χ1) is 16.2. The molecule has 9 heteroatoms. The lowest BCUT2D eigenvalue weighted by Crippen LogP contribution is -2.36. The average Bonchev–Trinajstić information content (AvgIpc) is 3.42. The molecule has 2 aromatic carbocycles. The van der Waals surface area contributed by atoms with E-state index in [0.717, 1.165) is 34.6 Å². The number of aliphatic hydroxyl groups is 1. The Morgan fingerprint density at radius 1 is 1.06 bits per heavy atom. The number of hydrogen-bond acceptors (Lipinski definition) is 4. The maximum Gasteiger partial charge on any atom is 0.194 e. The number of hydrogen-bond donors (Lipinski definition) is 1. The summed E-state index contributed by atoms with van der Waals surface area (Å²) in [5, 5.41) is 15.7. The molecule has 0 unspecified atom stereocenters. The molecule has 1 N–H and O–H groups in total. The second kappa shape index (κ2) is 8.25. The molecule has 4 aromatic rings. The van der Waals surface area contributed by atoms with E-state index in [9.17, 15) is 18.3 Å². The molecular formula is C25H22F3N5O. The van der Waals surface area contributed by atoms with E-state index in [1.54, 1.807) is 12.4 Å². The standard InChI is InChI=1S/C25H22F3N5O/c1-15-10-17(4-6-21(15)32-13-16(2)29-14-32)5-7-22-30-24-25(34,8-3-9-33(24)31-22)18-11-19(26)23(28)20(27)12-18/h4-7,10-14,34H,3,8-9H2,1-2H3/b7-5+/t25-/m1/s1. The topological polar surface area (TPSA) is 68.8 Å². The summed E-state index contributed by atoms with van der Waals surface area (Å²) in [6.07, 6.45) is 8.00. The van der Waals surface area contributed by atoms with Crippen LogP contribution in [0.25, 0.3) is 17.8 Å². The largest absolute Gasteiger partial charge is 0.377 e. The van der Waals surface area contributed by atoms with Crippen LogP contribution in [0.5, 0.6) is 0 Å². The zero-order valence-electron chi connectivity index (χ0n) is 18.6. The lowest BCUT2D eigenvalue weighted by Gasteiger charge is -2.31. The minimum atomic E-state index is -1.77. The Hall–Kier alpha value is -3.72. The third kappa shape index (κ3) is 3.81. The van der Waals surface area contributed by atoms with Gasteiger partial charge in [-0.3, -0.25) is 0 Å². The van der Waals surface area contributed by atoms with Gasteiger partial charge in [0.2, 0.25) is 0 Å². The Balaban J connectivity index is 1.44. The van der Waals surface area contributed by atoms with Crippen LogP contribution >= 0.6 is 0 Å². The number of fused-ring (bicyclic) bond motifs is 1. The third-order valence-corrected chi connectivity index (χ3v) is 6.06. The molecule has 34 heavy (non-hydrogen) atoms. The van der Waals surface area contributed by atoms with Gasteiger partial charge in [0, 0.05) is 18.4 Å². The maximum atomic E-state index is 13.8. The summed E-state index contributed by atoms with van der Waals surface area (Å²) in [6, 6.07) is 7.61. The van der Waals surface area contributed by atoms with Crippen molar-refractivity contribution in [2.75, 3.05) is 0 Å². The molecule has 174 valence electrons. The van der Waals surface area contributed by atoms with Gasteiger partial charge in [0.15, 0.2) is 29.1 Å². The van der Waals surface area contributed by atoms with Crippen LogP contribution in [0.4, 0.5) is 13.2 Å². The van der Waals surface area contributed by atoms with Crippen LogP contribution in [0.3, 0.4) is 0 Å². The predicted molar refractivity (Wildman–Crippen MR) is 121 cm³/mol. The molecule has 0 radical (unpaired) electrons. The van der Waals surface area contributed by atoms with Gasteiger partial charge >= 0.3 is 0 Å². The Labute approximate surface area is 194 Å². The number of benzene rings is 2. The summed E-state index contributed by atoms with van der Waals surface area (Å²) >= 11 is 0. The summed E-state index contributed by atoms with van der Waals surface area (Å²) in [4.78, 5) is 8.69. The summed E-state index contributed by atoms with van der Waals surface area (Å²) in [5.74, 6) is -3.76. The zero-order chi connectivity index (χ0) is 24.0. The Bertz CT molecular complexity index is 1400. The van der Waals surface area contributed by atoms with Gasteiger partial charge in [0.05, 0.1) is 12.0 Å². The van der Waals surface area contributed by atoms with Gasteiger partial charge in [0.1, 0.15) is 5.60 Å². The van der Waals surface area contributed by atoms with E-state index in [0.29, 0.717) is 18.8 Å². The predicted octanol–water partition coefficient (Wildman–Crippen LogP) is 4.70. The van der Waals surface area contributed by atoms with Crippen molar-refractivity contribution in [3.8, 4) is 5.69 Å². The normalized spacial score (nSPS) is 17.9. The molecule has 5 rings (SSSR count). The van der Waals surface area contributed by atoms with E-state index >= 15 is 0 Å². The zero-order valence-corrected chi connectivity index (χ0v) is 18.6. The Morgan fingerprint density at radius 2 is 1.82 bits per heavy atom. The van der Waals surface area contributed by atoms with E-state index in [1.165, 1.54) is 4.68 Å². The summed E-state index contributed by atoms with van der Waals surface area (Å²) in [7, 11) is 0. The van der Waals surface area contributed by atoms with Gasteiger partial charge < -0.3 is 9.67 Å². The smallest absolute Gasteiger partial charge is 0.194 e. The molecule has 0 bridgehead atoms. The van der Waals surface area contributed by atoms with Crippen LogP contribution in [-0.2, 0) is 12.1 Å². The number of imidazole rings is 1. The van der Waals surface area contributed by atoms with Crippen molar-refractivity contribution in [3.63, 3.8) is 0 Å². The Kier molecular flexibility index (Phi) is 5.36. The molecule has 2 aromatic heterocycles. The van der Waals surface area contributed by atoms with E-state index in [-0.39, 0.29) is 17.8 Å². The van der Waals surface area contributed by atoms with Crippen molar-refractivity contribution in [1.82, 2.24) is 24.3 Å². The second-order valence-corrected chi connectivity index (χ2v) is 8.54. The van der Waals surface area contributed by atoms with Crippen LogP contribution in [0.1, 0.15) is 46.9 Å². The maximum absolute atomic E-state index is 13.8. The lowest BCUT2D eigenvalue weighted by molar-refractivity contribution is 0.0387. The van der Waals surface area contributed by atoms with Crippen LogP contribution in [0, 0.1) is 31.3 Å². The highest BCUT2D eigenvalue weighted by Crippen LogP contribution is 2.37. The number of aromatic nitrogens is 5. The van der Waals surface area contributed by atoms with E-state index in [1.807, 2.05) is 48.9 Å². The number of halogens is 3. The third-order valence-electron chi connectivity index (χ3n) is 6.06. The molecule has 0 spiro atoms. The number of rotatable bonds is 4. The molecule has 0 saturated carbocycles. The molecular weight excluding hydrogens is 443 g/mol. The van der Waals surface area contributed by atoms with E-state index in [4.69, 9.17) is 0 Å². The summed E-state index contributed by atoms with van der Waals surface area (Å²) < 4.78 is 44.6. The van der Waals surface area contributed by atoms with Gasteiger partial charge in [-0.15, -0.1) is 0 Å². The second-order valence-electron chi connectivity index (χ2n) is 8.54. The molecule has 0 amide bonds. The van der Waals surface area contributed by atoms with Crippen molar-refractivity contribution in [3.05, 3.63) is 94.3 Å². The van der Waals surface area contributed by atoms with Crippen molar-refractivity contribution in [2.45, 2.75) is 38.8 Å². The van der Waals surface area contributed by atoms with Gasteiger partial charge in [-0.25, -0.2) is 27.8 Å². The van der Waals surface area contributed by atoms with Crippen molar-refractivity contribution in [1.29, 1.82) is 0 Å². The first kappa shape index (κ1) is 22.1. The van der Waals surface area contributed by atoms with Crippen LogP contribution < -0.4 is 0 Å². The van der Waals surface area contributed by atoms with Gasteiger partial charge in [-0.2, -0.15) is 5.10 Å². The fourth-order valence-electron chi connectivity index (χ4n) is 4.35. The van der Waals surface area contributed by atoms with Crippen molar-refractivity contribution >= 4 is 12.2 Å². The summed E-state index contributed by atoms with van der Waals surface area (Å²) in [6.45, 7) is 4.45. The molecule has 3 heterocycles. The molecule has 0 fully saturated rings. The van der Waals surface area contributed by atoms with Gasteiger partial charge in [0.25, 0.3) is 0 Å². The molecule has 0 saturated heterocycles. The van der Waals surface area contributed by atoms with E-state index < -0.39 is 23.1 Å². The molecule has 1 aliphatic heterocycles. The van der Waals surface area contributed by atoms with Crippen molar-refractivity contribution < 1.29 is 18.3 Å².